The largest absolute Gasteiger partial charge is 0.395 e. The Hall–Kier alpha value is -2.45. The van der Waals surface area contributed by atoms with Gasteiger partial charge in [0.05, 0.1) is 24.5 Å². The third-order valence-electron chi connectivity index (χ3n) is 2.62. The van der Waals surface area contributed by atoms with Gasteiger partial charge in [-0.05, 0) is 12.1 Å². The number of amides is 3. The lowest BCUT2D eigenvalue weighted by Gasteiger charge is -2.11. The Morgan fingerprint density at radius 1 is 1.09 bits per heavy atom. The van der Waals surface area contributed by atoms with Crippen molar-refractivity contribution >= 4 is 23.4 Å². The molecule has 4 N–H and O–H groups in total. The monoisotopic (exact) mass is 309 g/mol. The Morgan fingerprint density at radius 2 is 1.82 bits per heavy atom. The van der Waals surface area contributed by atoms with E-state index in [2.05, 4.69) is 16.0 Å². The molecule has 0 atom stereocenters. The molecule has 0 aliphatic heterocycles. The van der Waals surface area contributed by atoms with Crippen molar-refractivity contribution in [2.75, 3.05) is 38.7 Å². The van der Waals surface area contributed by atoms with Crippen LogP contribution in [-0.4, -0.2) is 56.2 Å². The van der Waals surface area contributed by atoms with Crippen molar-refractivity contribution in [1.82, 2.24) is 10.6 Å². The SMILES string of the molecule is COCCNC(=O)c1ccccc1NC(=O)C(=O)NCCO. The molecule has 0 spiro atoms. The van der Waals surface area contributed by atoms with E-state index >= 15 is 0 Å². The Labute approximate surface area is 127 Å². The van der Waals surface area contributed by atoms with Crippen molar-refractivity contribution in [3.63, 3.8) is 0 Å². The summed E-state index contributed by atoms with van der Waals surface area (Å²) in [4.78, 5) is 35.2. The van der Waals surface area contributed by atoms with E-state index in [1.165, 1.54) is 19.2 Å². The van der Waals surface area contributed by atoms with Gasteiger partial charge in [0.15, 0.2) is 0 Å². The van der Waals surface area contributed by atoms with Gasteiger partial charge in [0.25, 0.3) is 5.91 Å². The standard InChI is InChI=1S/C14H19N3O5/c1-22-9-7-16-12(19)10-4-2-3-5-11(10)17-14(21)13(20)15-6-8-18/h2-5,18H,6-9H2,1H3,(H,15,20)(H,16,19)(H,17,21). The Bertz CT molecular complexity index is 533. The zero-order chi connectivity index (χ0) is 16.4. The van der Waals surface area contributed by atoms with E-state index in [4.69, 9.17) is 9.84 Å². The molecule has 1 rings (SSSR count). The second-order valence-corrected chi connectivity index (χ2v) is 4.23. The lowest BCUT2D eigenvalue weighted by molar-refractivity contribution is -0.136. The third-order valence-corrected chi connectivity index (χ3v) is 2.62. The molecule has 8 nitrogen and oxygen atoms in total. The molecule has 8 heteroatoms. The summed E-state index contributed by atoms with van der Waals surface area (Å²) in [6, 6.07) is 6.33. The first-order valence-corrected chi connectivity index (χ1v) is 6.66. The van der Waals surface area contributed by atoms with Crippen LogP contribution in [0.5, 0.6) is 0 Å². The number of methoxy groups -OCH3 is 1. The maximum atomic E-state index is 12.0. The van der Waals surface area contributed by atoms with Gasteiger partial charge < -0.3 is 25.8 Å². The predicted molar refractivity (Wildman–Crippen MR) is 79.4 cm³/mol. The molecular weight excluding hydrogens is 290 g/mol. The quantitative estimate of drug-likeness (QED) is 0.385. The number of para-hydroxylation sites is 1. The molecule has 22 heavy (non-hydrogen) atoms. The van der Waals surface area contributed by atoms with Gasteiger partial charge in [0.1, 0.15) is 0 Å². The van der Waals surface area contributed by atoms with Crippen LogP contribution in [0.1, 0.15) is 10.4 Å². The van der Waals surface area contributed by atoms with Crippen LogP contribution in [0.3, 0.4) is 0 Å². The molecule has 3 amide bonds. The number of nitrogens with one attached hydrogen (secondary N) is 3. The van der Waals surface area contributed by atoms with E-state index in [0.29, 0.717) is 13.2 Å². The van der Waals surface area contributed by atoms with Gasteiger partial charge in [0.2, 0.25) is 0 Å². The first-order chi connectivity index (χ1) is 10.6. The molecular formula is C14H19N3O5. The molecule has 120 valence electrons. The van der Waals surface area contributed by atoms with Crippen molar-refractivity contribution < 1.29 is 24.2 Å². The molecule has 0 heterocycles. The highest BCUT2D eigenvalue weighted by atomic mass is 16.5. The molecule has 0 saturated carbocycles. The fourth-order valence-electron chi connectivity index (χ4n) is 1.58. The molecule has 0 aromatic heterocycles. The van der Waals surface area contributed by atoms with Gasteiger partial charge >= 0.3 is 11.8 Å². The molecule has 1 aromatic carbocycles. The van der Waals surface area contributed by atoms with Crippen molar-refractivity contribution in [3.05, 3.63) is 29.8 Å². The second kappa shape index (κ2) is 9.48. The zero-order valence-electron chi connectivity index (χ0n) is 12.2. The van der Waals surface area contributed by atoms with E-state index in [0.717, 1.165) is 0 Å². The van der Waals surface area contributed by atoms with Crippen LogP contribution >= 0.6 is 0 Å². The molecule has 0 radical (unpaired) electrons. The highest BCUT2D eigenvalue weighted by Crippen LogP contribution is 2.14. The van der Waals surface area contributed by atoms with Gasteiger partial charge in [-0.2, -0.15) is 0 Å². The summed E-state index contributed by atoms with van der Waals surface area (Å²) in [5, 5.41) is 15.8. The topological polar surface area (TPSA) is 117 Å². The number of aliphatic hydroxyl groups is 1. The summed E-state index contributed by atoms with van der Waals surface area (Å²) in [5.41, 5.74) is 0.462. The van der Waals surface area contributed by atoms with Gasteiger partial charge in [-0.3, -0.25) is 14.4 Å². The highest BCUT2D eigenvalue weighted by molar-refractivity contribution is 6.40. The van der Waals surface area contributed by atoms with Crippen LogP contribution in [0.4, 0.5) is 5.69 Å². The highest BCUT2D eigenvalue weighted by Gasteiger charge is 2.17. The number of carbonyl (C=O) groups is 3. The van der Waals surface area contributed by atoms with Crippen molar-refractivity contribution in [2.24, 2.45) is 0 Å². The normalized spacial score (nSPS) is 9.91. The fourth-order valence-corrected chi connectivity index (χ4v) is 1.58. The average Bonchev–Trinajstić information content (AvgIpc) is 2.53. The lowest BCUT2D eigenvalue weighted by atomic mass is 10.1. The van der Waals surface area contributed by atoms with Crippen molar-refractivity contribution in [2.45, 2.75) is 0 Å². The Morgan fingerprint density at radius 3 is 2.50 bits per heavy atom. The Kier molecular flexibility index (Phi) is 7.58. The summed E-state index contributed by atoms with van der Waals surface area (Å²) in [6.07, 6.45) is 0. The number of ether oxygens (including phenoxy) is 1. The minimum atomic E-state index is -0.911. The number of aliphatic hydroxyl groups excluding tert-OH is 1. The molecule has 0 bridgehead atoms. The average molecular weight is 309 g/mol. The Balaban J connectivity index is 2.72. The molecule has 0 saturated heterocycles. The van der Waals surface area contributed by atoms with Crippen LogP contribution in [0.15, 0.2) is 24.3 Å². The van der Waals surface area contributed by atoms with E-state index in [9.17, 15) is 14.4 Å². The summed E-state index contributed by atoms with van der Waals surface area (Å²) in [5.74, 6) is -2.18. The van der Waals surface area contributed by atoms with E-state index < -0.39 is 11.8 Å². The smallest absolute Gasteiger partial charge is 0.313 e. The van der Waals surface area contributed by atoms with Gasteiger partial charge in [-0.25, -0.2) is 0 Å². The fraction of sp³-hybridized carbons (Fsp3) is 0.357. The van der Waals surface area contributed by atoms with Crippen LogP contribution in [-0.2, 0) is 14.3 Å². The first-order valence-electron chi connectivity index (χ1n) is 6.66. The van der Waals surface area contributed by atoms with Crippen LogP contribution in [0.25, 0.3) is 0 Å². The summed E-state index contributed by atoms with van der Waals surface area (Å²) in [6.45, 7) is 0.404. The van der Waals surface area contributed by atoms with Gasteiger partial charge in [0, 0.05) is 20.2 Å². The number of hydrogen-bond acceptors (Lipinski definition) is 5. The summed E-state index contributed by atoms with van der Waals surface area (Å²) < 4.78 is 4.83. The molecule has 0 fully saturated rings. The molecule has 0 unspecified atom stereocenters. The lowest BCUT2D eigenvalue weighted by Crippen LogP contribution is -2.37. The third kappa shape index (κ3) is 5.51. The number of carbonyl (C=O) groups excluding carboxylic acids is 3. The van der Waals surface area contributed by atoms with E-state index in [1.807, 2.05) is 0 Å². The van der Waals surface area contributed by atoms with E-state index in [1.54, 1.807) is 12.1 Å². The minimum Gasteiger partial charge on any atom is -0.395 e. The summed E-state index contributed by atoms with van der Waals surface area (Å²) >= 11 is 0. The van der Waals surface area contributed by atoms with Crippen LogP contribution in [0, 0.1) is 0 Å². The number of hydrogen-bond donors (Lipinski definition) is 4. The number of rotatable bonds is 7. The second-order valence-electron chi connectivity index (χ2n) is 4.23. The van der Waals surface area contributed by atoms with Gasteiger partial charge in [-0.1, -0.05) is 12.1 Å². The van der Waals surface area contributed by atoms with Crippen LogP contribution < -0.4 is 16.0 Å². The summed E-state index contributed by atoms with van der Waals surface area (Å²) in [7, 11) is 1.52. The minimum absolute atomic E-state index is 0.0224. The predicted octanol–water partition coefficient (Wildman–Crippen LogP) is -0.890. The van der Waals surface area contributed by atoms with Crippen molar-refractivity contribution in [3.8, 4) is 0 Å². The number of benzene rings is 1. The molecule has 0 aliphatic carbocycles. The van der Waals surface area contributed by atoms with Gasteiger partial charge in [-0.15, -0.1) is 0 Å². The number of anilines is 1. The zero-order valence-corrected chi connectivity index (χ0v) is 12.2. The molecule has 0 aliphatic rings. The van der Waals surface area contributed by atoms with Crippen molar-refractivity contribution in [1.29, 1.82) is 0 Å². The molecule has 1 aromatic rings. The van der Waals surface area contributed by atoms with Crippen LogP contribution in [0.2, 0.25) is 0 Å². The maximum absolute atomic E-state index is 12.0. The maximum Gasteiger partial charge on any atom is 0.313 e. The van der Waals surface area contributed by atoms with E-state index in [-0.39, 0.29) is 30.3 Å². The first kappa shape index (κ1) is 17.6.